The van der Waals surface area contributed by atoms with E-state index in [-0.39, 0.29) is 69.2 Å². The average molecular weight is 1050 g/mol. The molecule has 15 N–H and O–H groups in total. The Morgan fingerprint density at radius 2 is 1.33 bits per heavy atom. The average Bonchev–Trinajstić information content (AvgIpc) is 3.93. The lowest BCUT2D eigenvalue weighted by Crippen LogP contribution is -2.68. The van der Waals surface area contributed by atoms with Crippen molar-refractivity contribution < 1.29 is 103 Å². The zero-order chi connectivity index (χ0) is 52.1. The van der Waals surface area contributed by atoms with Gasteiger partial charge < -0.3 is 111 Å². The highest BCUT2D eigenvalue weighted by Gasteiger charge is 2.54. The molecule has 0 aromatic heterocycles. The fourth-order valence-electron chi connectivity index (χ4n) is 8.83. The van der Waals surface area contributed by atoms with Crippen molar-refractivity contribution in [3.8, 4) is 5.75 Å². The van der Waals surface area contributed by atoms with Crippen LogP contribution in [-0.2, 0) is 42.8 Å². The van der Waals surface area contributed by atoms with Gasteiger partial charge in [-0.05, 0) is 43.5 Å². The number of unbranched alkanes of at least 4 members (excludes halogenated alkanes) is 1. The van der Waals surface area contributed by atoms with E-state index in [1.165, 1.54) is 24.3 Å². The summed E-state index contributed by atoms with van der Waals surface area (Å²) in [6, 6.07) is 4.94. The fourth-order valence-corrected chi connectivity index (χ4v) is 10.4. The number of aliphatic hydroxyl groups excluding tert-OH is 9. The number of fused-ring (bicyclic) bond motifs is 1. The summed E-state index contributed by atoms with van der Waals surface area (Å²) in [5, 5.41) is 111. The summed E-state index contributed by atoms with van der Waals surface area (Å²) in [6.45, 7) is -1.18. The van der Waals surface area contributed by atoms with E-state index in [1.54, 1.807) is 0 Å². The molecule has 5 aliphatic rings. The molecule has 0 bridgehead atoms. The molecule has 6 amide bonds. The minimum Gasteiger partial charge on any atom is -0.484 e. The van der Waals surface area contributed by atoms with E-state index in [0.717, 1.165) is 31.9 Å². The van der Waals surface area contributed by atoms with Gasteiger partial charge in [0.15, 0.2) is 25.5 Å². The Bertz CT molecular complexity index is 1930. The third kappa shape index (κ3) is 15.0. The molecule has 15 unspecified atom stereocenters. The second-order valence-electron chi connectivity index (χ2n) is 17.9. The third-order valence-electron chi connectivity index (χ3n) is 12.7. The van der Waals surface area contributed by atoms with Gasteiger partial charge in [0.25, 0.3) is 11.8 Å². The molecule has 5 saturated heterocycles. The van der Waals surface area contributed by atoms with Gasteiger partial charge in [0.2, 0.25) is 11.8 Å². The Morgan fingerprint density at radius 1 is 0.694 bits per heavy atom. The zero-order valence-corrected chi connectivity index (χ0v) is 40.2. The van der Waals surface area contributed by atoms with Gasteiger partial charge in [0.1, 0.15) is 78.9 Å². The van der Waals surface area contributed by atoms with Gasteiger partial charge >= 0.3 is 6.03 Å². The van der Waals surface area contributed by atoms with Gasteiger partial charge in [0.05, 0.1) is 38.5 Å². The van der Waals surface area contributed by atoms with E-state index < -0.39 is 124 Å². The number of hydrogen-bond donors (Lipinski definition) is 15. The third-order valence-corrected chi connectivity index (χ3v) is 14.2. The maximum absolute atomic E-state index is 12.6. The van der Waals surface area contributed by atoms with Gasteiger partial charge in [-0.25, -0.2) is 4.79 Å². The Hall–Kier alpha value is -4.08. The maximum Gasteiger partial charge on any atom is 0.315 e. The summed E-state index contributed by atoms with van der Waals surface area (Å²) in [7, 11) is 0. The molecule has 5 aliphatic heterocycles. The van der Waals surface area contributed by atoms with Crippen LogP contribution < -0.4 is 36.6 Å². The number of carbonyl (C=O) groups is 5. The number of ether oxygens (including phenoxy) is 7. The molecular formula is C44H68N6O21S. The lowest BCUT2D eigenvalue weighted by molar-refractivity contribution is -0.376. The number of rotatable bonds is 25. The number of hydrogen-bond acceptors (Lipinski definition) is 22. The van der Waals surface area contributed by atoms with Crippen LogP contribution in [0, 0.1) is 0 Å². The molecule has 406 valence electrons. The Morgan fingerprint density at radius 3 is 2.03 bits per heavy atom. The van der Waals surface area contributed by atoms with Crippen molar-refractivity contribution in [2.24, 2.45) is 0 Å². The predicted molar refractivity (Wildman–Crippen MR) is 245 cm³/mol. The molecule has 5 heterocycles. The summed E-state index contributed by atoms with van der Waals surface area (Å²) in [4.78, 5) is 61.3. The first-order valence-electron chi connectivity index (χ1n) is 23.8. The number of aliphatic hydroxyl groups is 9. The topological polar surface area (TPSA) is 404 Å². The molecule has 0 aliphatic carbocycles. The number of amides is 6. The van der Waals surface area contributed by atoms with Crippen molar-refractivity contribution in [1.29, 1.82) is 0 Å². The molecule has 18 atom stereocenters. The van der Waals surface area contributed by atoms with E-state index >= 15 is 0 Å². The van der Waals surface area contributed by atoms with Crippen molar-refractivity contribution in [2.45, 2.75) is 148 Å². The molecule has 6 rings (SSSR count). The summed E-state index contributed by atoms with van der Waals surface area (Å²) in [5.41, 5.74) is 0.340. The molecule has 1 aromatic carbocycles. The monoisotopic (exact) mass is 1050 g/mol. The highest BCUT2D eigenvalue weighted by Crippen LogP contribution is 2.34. The number of thioether (sulfide) groups is 1. The van der Waals surface area contributed by atoms with E-state index in [9.17, 15) is 69.9 Å². The summed E-state index contributed by atoms with van der Waals surface area (Å²) < 4.78 is 39.6. The molecule has 0 radical (unpaired) electrons. The van der Waals surface area contributed by atoms with Crippen LogP contribution in [0.5, 0.6) is 5.75 Å². The molecule has 0 spiro atoms. The quantitative estimate of drug-likeness (QED) is 0.0320. The maximum atomic E-state index is 12.6. The highest BCUT2D eigenvalue weighted by molar-refractivity contribution is 8.00. The summed E-state index contributed by atoms with van der Waals surface area (Å²) in [5.74, 6) is -0.362. The van der Waals surface area contributed by atoms with Gasteiger partial charge in [-0.15, -0.1) is 0 Å². The van der Waals surface area contributed by atoms with Gasteiger partial charge in [-0.1, -0.05) is 6.42 Å². The van der Waals surface area contributed by atoms with Crippen LogP contribution in [-0.4, -0.2) is 243 Å². The smallest absolute Gasteiger partial charge is 0.315 e. The SMILES string of the molecule is CC(=O)NC1C(OCCCNC(=O)COc2ccc(C(=O)NCCNC(=O)CCCC[C@@H]3SC[C@@H]4NC(=O)N[C@@H]43)cc2)OC(CO)C(OC2OC(CO)C(O)C(OC3OC(CO)C(O)C(O)C3O)C2O)C1O. The lowest BCUT2D eigenvalue weighted by Gasteiger charge is -2.48. The minimum atomic E-state index is -1.98. The first-order valence-corrected chi connectivity index (χ1v) is 24.9. The van der Waals surface area contributed by atoms with E-state index in [0.29, 0.717) is 23.0 Å². The molecule has 28 heteroatoms. The number of benzene rings is 1. The second-order valence-corrected chi connectivity index (χ2v) is 19.2. The van der Waals surface area contributed by atoms with Crippen molar-refractivity contribution in [3.05, 3.63) is 29.8 Å². The van der Waals surface area contributed by atoms with Crippen LogP contribution in [0.25, 0.3) is 0 Å². The van der Waals surface area contributed by atoms with Crippen LogP contribution >= 0.6 is 11.8 Å². The van der Waals surface area contributed by atoms with E-state index in [4.69, 9.17) is 33.2 Å². The second kappa shape index (κ2) is 27.5. The zero-order valence-electron chi connectivity index (χ0n) is 39.4. The molecule has 27 nitrogen and oxygen atoms in total. The van der Waals surface area contributed by atoms with Crippen molar-refractivity contribution >= 4 is 41.4 Å². The van der Waals surface area contributed by atoms with E-state index in [1.807, 2.05) is 11.8 Å². The summed E-state index contributed by atoms with van der Waals surface area (Å²) in [6.07, 6.45) is -20.7. The number of carbonyl (C=O) groups excluding carboxylic acids is 5. The first-order chi connectivity index (χ1) is 34.5. The molecule has 0 saturated carbocycles. The molecule has 72 heavy (non-hydrogen) atoms. The summed E-state index contributed by atoms with van der Waals surface area (Å²) >= 11 is 1.84. The molecular weight excluding hydrogens is 981 g/mol. The largest absolute Gasteiger partial charge is 0.484 e. The first kappa shape index (κ1) is 57.2. The predicted octanol–water partition coefficient (Wildman–Crippen LogP) is -6.25. The fraction of sp³-hybridized carbons (Fsp3) is 0.750. The van der Waals surface area contributed by atoms with Crippen molar-refractivity contribution in [1.82, 2.24) is 31.9 Å². The Kier molecular flexibility index (Phi) is 21.8. The van der Waals surface area contributed by atoms with Crippen molar-refractivity contribution in [2.75, 3.05) is 58.4 Å². The van der Waals surface area contributed by atoms with Gasteiger partial charge in [-0.2, -0.15) is 11.8 Å². The van der Waals surface area contributed by atoms with Crippen molar-refractivity contribution in [3.63, 3.8) is 0 Å². The van der Waals surface area contributed by atoms with Crippen LogP contribution in [0.1, 0.15) is 49.4 Å². The Labute approximate surface area is 417 Å². The normalized spacial score (nSPS) is 35.3. The molecule has 1 aromatic rings. The standard InChI is InChI=1S/C44H68N6O21S/c1-20(54)48-31-34(59)38(70-43-37(62)39(33(58)25(16-52)68-43)71-42-36(61)35(60)32(57)24(15-51)67-42)26(17-53)69-41(31)65-14-4-11-45-29(56)18-66-22-9-7-21(8-10-22)40(63)47-13-12-46-28(55)6-3-2-5-27-30-23(19-72-27)49-44(64)50-30/h7-10,23-27,30-39,41-43,51-53,57-62H,2-6,11-19H2,1H3,(H,45,56)(H,46,55)(H,47,63)(H,48,54)(H2,49,50,64)/t23-,24?,25?,26?,27-,30-,31?,32?,33?,34?,35?,36?,37?,38?,39?,41?,42?,43?/m0/s1. The lowest BCUT2D eigenvalue weighted by atomic mass is 9.95. The van der Waals surface area contributed by atoms with Gasteiger partial charge in [0, 0.05) is 49.5 Å². The van der Waals surface area contributed by atoms with Crippen LogP contribution in [0.15, 0.2) is 24.3 Å². The number of nitrogens with one attached hydrogen (secondary N) is 6. The van der Waals surface area contributed by atoms with Crippen LogP contribution in [0.3, 0.4) is 0 Å². The highest BCUT2D eigenvalue weighted by atomic mass is 32.2. The van der Waals surface area contributed by atoms with Crippen LogP contribution in [0.4, 0.5) is 4.79 Å². The van der Waals surface area contributed by atoms with Crippen LogP contribution in [0.2, 0.25) is 0 Å². The van der Waals surface area contributed by atoms with E-state index in [2.05, 4.69) is 31.9 Å². The van der Waals surface area contributed by atoms with Gasteiger partial charge in [-0.3, -0.25) is 19.2 Å². The minimum absolute atomic E-state index is 0.0891. The number of urea groups is 1. The molecule has 5 fully saturated rings. The Balaban J connectivity index is 0.877.